The van der Waals surface area contributed by atoms with Gasteiger partial charge in [-0.2, -0.15) is 4.72 Å². The Kier molecular flexibility index (Phi) is 7.03. The van der Waals surface area contributed by atoms with Crippen molar-refractivity contribution in [3.05, 3.63) is 56.1 Å². The predicted octanol–water partition coefficient (Wildman–Crippen LogP) is 3.16. The van der Waals surface area contributed by atoms with Crippen molar-refractivity contribution in [1.82, 2.24) is 10.0 Å². The Morgan fingerprint density at radius 3 is 2.83 bits per heavy atom. The molecule has 1 aromatic heterocycles. The van der Waals surface area contributed by atoms with Gasteiger partial charge in [0.1, 0.15) is 6.04 Å². The van der Waals surface area contributed by atoms with E-state index in [1.807, 2.05) is 12.1 Å². The first-order valence-electron chi connectivity index (χ1n) is 9.01. The number of carbonyl (C=O) groups is 1. The van der Waals surface area contributed by atoms with Gasteiger partial charge in [0.15, 0.2) is 0 Å². The lowest BCUT2D eigenvalue weighted by Gasteiger charge is -2.22. The Labute approximate surface area is 185 Å². The van der Waals surface area contributed by atoms with Crippen LogP contribution in [0, 0.1) is 0 Å². The third-order valence-corrected chi connectivity index (χ3v) is 7.21. The van der Waals surface area contributed by atoms with Gasteiger partial charge in [0, 0.05) is 29.1 Å². The van der Waals surface area contributed by atoms with Crippen LogP contribution >= 0.6 is 35.3 Å². The summed E-state index contributed by atoms with van der Waals surface area (Å²) in [5, 5.41) is 4.41. The van der Waals surface area contributed by atoms with E-state index in [0.29, 0.717) is 17.3 Å². The number of hydrogen-bond donors (Lipinski definition) is 2. The fourth-order valence-corrected chi connectivity index (χ4v) is 5.56. The molecular formula is C19H21Cl2N3O3S2. The fraction of sp³-hybridized carbons (Fsp3) is 0.316. The van der Waals surface area contributed by atoms with Crippen molar-refractivity contribution < 1.29 is 13.2 Å². The second kappa shape index (κ2) is 9.16. The Morgan fingerprint density at radius 2 is 2.07 bits per heavy atom. The monoisotopic (exact) mass is 473 g/mol. The van der Waals surface area contributed by atoms with Gasteiger partial charge in [-0.15, -0.1) is 23.7 Å². The zero-order valence-corrected chi connectivity index (χ0v) is 18.6. The van der Waals surface area contributed by atoms with E-state index >= 15 is 0 Å². The third kappa shape index (κ3) is 5.20. The van der Waals surface area contributed by atoms with Crippen molar-refractivity contribution in [3.8, 4) is 0 Å². The molecule has 1 amide bonds. The summed E-state index contributed by atoms with van der Waals surface area (Å²) in [5.74, 6) is -0.222. The van der Waals surface area contributed by atoms with Crippen LogP contribution in [0.15, 0.2) is 35.7 Å². The Morgan fingerprint density at radius 1 is 1.24 bits per heavy atom. The third-order valence-electron chi connectivity index (χ3n) is 4.91. The molecule has 3 heterocycles. The number of anilines is 1. The van der Waals surface area contributed by atoms with E-state index in [1.54, 1.807) is 17.0 Å². The molecule has 2 N–H and O–H groups in total. The molecular weight excluding hydrogens is 453 g/mol. The first-order chi connectivity index (χ1) is 13.4. The number of benzene rings is 1. The van der Waals surface area contributed by atoms with Crippen LogP contribution in [0.4, 0.5) is 5.69 Å². The van der Waals surface area contributed by atoms with E-state index in [2.05, 4.69) is 16.1 Å². The van der Waals surface area contributed by atoms with Gasteiger partial charge in [-0.05, 0) is 60.9 Å². The summed E-state index contributed by atoms with van der Waals surface area (Å²) in [7, 11) is -3.73. The molecule has 0 bridgehead atoms. The smallest absolute Gasteiger partial charge is 0.245 e. The summed E-state index contributed by atoms with van der Waals surface area (Å²) in [6.07, 6.45) is 2.90. The number of hydrogen-bond acceptors (Lipinski definition) is 5. The molecule has 0 unspecified atom stereocenters. The minimum absolute atomic E-state index is 0. The number of carbonyl (C=O) groups excluding carboxylic acids is 1. The minimum Gasteiger partial charge on any atom is -0.312 e. The van der Waals surface area contributed by atoms with Gasteiger partial charge >= 0.3 is 0 Å². The van der Waals surface area contributed by atoms with Crippen LogP contribution < -0.4 is 14.9 Å². The average molecular weight is 474 g/mol. The Balaban J connectivity index is 0.00000240. The van der Waals surface area contributed by atoms with Gasteiger partial charge in [-0.3, -0.25) is 4.79 Å². The molecule has 0 radical (unpaired) electrons. The summed E-state index contributed by atoms with van der Waals surface area (Å²) in [4.78, 5) is 15.2. The van der Waals surface area contributed by atoms with Gasteiger partial charge in [0.05, 0.1) is 4.34 Å². The predicted molar refractivity (Wildman–Crippen MR) is 120 cm³/mol. The molecule has 2 aromatic rings. The van der Waals surface area contributed by atoms with Crippen LogP contribution in [0.1, 0.15) is 22.4 Å². The van der Waals surface area contributed by atoms with E-state index in [-0.39, 0.29) is 18.3 Å². The van der Waals surface area contributed by atoms with Crippen LogP contribution in [0.2, 0.25) is 4.34 Å². The number of fused-ring (bicyclic) bond motifs is 1. The molecule has 1 fully saturated rings. The van der Waals surface area contributed by atoms with Crippen molar-refractivity contribution in [3.63, 3.8) is 0 Å². The second-order valence-corrected chi connectivity index (χ2v) is 10.2. The van der Waals surface area contributed by atoms with Gasteiger partial charge in [0.2, 0.25) is 15.9 Å². The van der Waals surface area contributed by atoms with E-state index in [9.17, 15) is 13.2 Å². The van der Waals surface area contributed by atoms with E-state index in [1.165, 1.54) is 28.5 Å². The maximum Gasteiger partial charge on any atom is 0.245 e. The number of nitrogens with zero attached hydrogens (tertiary/aromatic N) is 1. The highest BCUT2D eigenvalue weighted by Crippen LogP contribution is 2.26. The van der Waals surface area contributed by atoms with Gasteiger partial charge < -0.3 is 10.2 Å². The molecule has 156 valence electrons. The molecule has 6 nitrogen and oxygen atoms in total. The lowest BCUT2D eigenvalue weighted by Crippen LogP contribution is -2.40. The largest absolute Gasteiger partial charge is 0.312 e. The van der Waals surface area contributed by atoms with Crippen LogP contribution in [0.25, 0.3) is 6.08 Å². The van der Waals surface area contributed by atoms with Crippen molar-refractivity contribution >= 4 is 63.0 Å². The van der Waals surface area contributed by atoms with E-state index in [0.717, 1.165) is 35.5 Å². The first kappa shape index (κ1) is 22.3. The summed E-state index contributed by atoms with van der Waals surface area (Å²) < 4.78 is 27.8. The number of sulfonamides is 1. The van der Waals surface area contributed by atoms with E-state index in [4.69, 9.17) is 11.6 Å². The highest BCUT2D eigenvalue weighted by molar-refractivity contribution is 7.92. The molecule has 0 aliphatic carbocycles. The fourth-order valence-electron chi connectivity index (χ4n) is 3.49. The highest BCUT2D eigenvalue weighted by Gasteiger charge is 2.35. The molecule has 0 spiro atoms. The number of halogens is 2. The van der Waals surface area contributed by atoms with Crippen LogP contribution in [-0.4, -0.2) is 33.5 Å². The van der Waals surface area contributed by atoms with Gasteiger partial charge in [-0.1, -0.05) is 17.7 Å². The maximum atomic E-state index is 12.8. The normalized spacial score (nSPS) is 19.4. The number of nitrogens with one attached hydrogen (secondary N) is 2. The minimum atomic E-state index is -3.73. The molecule has 29 heavy (non-hydrogen) atoms. The average Bonchev–Trinajstić information content (AvgIpc) is 3.25. The molecule has 1 saturated heterocycles. The number of thiophene rings is 1. The molecule has 2 aliphatic heterocycles. The standard InChI is InChI=1S/C19H20ClN3O3S2.ClH/c20-18-4-3-16(27-18)7-10-28(25,26)22-17-6-9-23(19(17)24)15-2-1-13-5-8-21-12-14(13)11-15;/h1-4,7,10-11,17,21-22H,5-6,8-9,12H2;1H/b10-7+;/t17-;/m0./s1. The SMILES string of the molecule is Cl.O=C1[C@@H](NS(=O)(=O)/C=C/c2ccc(Cl)s2)CCN1c1ccc2c(c1)CNCC2. The summed E-state index contributed by atoms with van der Waals surface area (Å²) in [6, 6.07) is 8.72. The maximum absolute atomic E-state index is 12.8. The molecule has 1 aromatic carbocycles. The van der Waals surface area contributed by atoms with Crippen molar-refractivity contribution in [1.29, 1.82) is 0 Å². The lowest BCUT2D eigenvalue weighted by molar-refractivity contribution is -0.118. The Hall–Kier alpha value is -1.42. The summed E-state index contributed by atoms with van der Waals surface area (Å²) in [6.45, 7) is 2.24. The van der Waals surface area contributed by atoms with Crippen molar-refractivity contribution in [2.24, 2.45) is 0 Å². The molecule has 4 rings (SSSR count). The van der Waals surface area contributed by atoms with Crippen LogP contribution in [0.5, 0.6) is 0 Å². The zero-order valence-electron chi connectivity index (χ0n) is 15.4. The van der Waals surface area contributed by atoms with E-state index < -0.39 is 16.1 Å². The first-order valence-corrected chi connectivity index (χ1v) is 11.7. The lowest BCUT2D eigenvalue weighted by atomic mass is 10.0. The second-order valence-electron chi connectivity index (χ2n) is 6.82. The highest BCUT2D eigenvalue weighted by atomic mass is 35.5. The van der Waals surface area contributed by atoms with Crippen LogP contribution in [0.3, 0.4) is 0 Å². The molecule has 0 saturated carbocycles. The summed E-state index contributed by atoms with van der Waals surface area (Å²) >= 11 is 7.14. The van der Waals surface area contributed by atoms with Gasteiger partial charge in [0.25, 0.3) is 0 Å². The van der Waals surface area contributed by atoms with Crippen molar-refractivity contribution in [2.45, 2.75) is 25.4 Å². The molecule has 10 heteroatoms. The van der Waals surface area contributed by atoms with Crippen LogP contribution in [-0.2, 0) is 27.8 Å². The summed E-state index contributed by atoms with van der Waals surface area (Å²) in [5.41, 5.74) is 3.31. The Bertz CT molecular complexity index is 1040. The topological polar surface area (TPSA) is 78.5 Å². The number of amides is 1. The van der Waals surface area contributed by atoms with Gasteiger partial charge in [-0.25, -0.2) is 8.42 Å². The molecule has 2 aliphatic rings. The van der Waals surface area contributed by atoms with Crippen molar-refractivity contribution in [2.75, 3.05) is 18.0 Å². The molecule has 1 atom stereocenters. The number of rotatable bonds is 5. The quantitative estimate of drug-likeness (QED) is 0.698. The zero-order chi connectivity index (χ0) is 19.7.